The summed E-state index contributed by atoms with van der Waals surface area (Å²) in [5.41, 5.74) is 2.94. The standard InChI is InChI=1S/C24H24N4O5S2/c1-15-11-16(2)13-19(12-15)33-10-4-9-32-18-7-5-17(6-8-18)14-20-21(25)28-23(26-22(20)29)34-27-24(28)35(3,30)31/h5-8,11-14,25H,4,9-10H2,1-3H3/b20-14-,25-21?. The summed E-state index contributed by atoms with van der Waals surface area (Å²) in [5, 5.41) is 8.13. The molecule has 2 aliphatic rings. The molecule has 0 radical (unpaired) electrons. The number of benzene rings is 2. The highest BCUT2D eigenvalue weighted by Crippen LogP contribution is 2.29. The third kappa shape index (κ3) is 5.80. The number of carbonyl (C=O) groups excluding carboxylic acids is 1. The van der Waals surface area contributed by atoms with Crippen LogP contribution < -0.4 is 9.47 Å². The molecule has 1 N–H and O–H groups in total. The van der Waals surface area contributed by atoms with Crippen LogP contribution in [0.1, 0.15) is 23.1 Å². The summed E-state index contributed by atoms with van der Waals surface area (Å²) < 4.78 is 39.4. The molecule has 0 atom stereocenters. The van der Waals surface area contributed by atoms with E-state index in [1.54, 1.807) is 24.3 Å². The highest BCUT2D eigenvalue weighted by molar-refractivity contribution is 8.16. The zero-order valence-corrected chi connectivity index (χ0v) is 21.1. The van der Waals surface area contributed by atoms with Crippen molar-refractivity contribution < 1.29 is 22.7 Å². The maximum Gasteiger partial charge on any atom is 0.283 e. The molecule has 2 heterocycles. The van der Waals surface area contributed by atoms with Gasteiger partial charge in [0.25, 0.3) is 5.91 Å². The summed E-state index contributed by atoms with van der Waals surface area (Å²) in [7, 11) is -3.69. The van der Waals surface area contributed by atoms with Crippen LogP contribution in [0.3, 0.4) is 0 Å². The van der Waals surface area contributed by atoms with E-state index < -0.39 is 15.7 Å². The van der Waals surface area contributed by atoms with E-state index >= 15 is 0 Å². The number of sulfone groups is 1. The minimum Gasteiger partial charge on any atom is -0.493 e. The Hall–Kier alpha value is -3.44. The second-order valence-corrected chi connectivity index (χ2v) is 10.8. The van der Waals surface area contributed by atoms with Crippen LogP contribution in [0.5, 0.6) is 11.5 Å². The van der Waals surface area contributed by atoms with E-state index in [1.807, 2.05) is 26.0 Å². The lowest BCUT2D eigenvalue weighted by atomic mass is 10.1. The van der Waals surface area contributed by atoms with Gasteiger partial charge in [0.15, 0.2) is 0 Å². The molecule has 4 rings (SSSR count). The van der Waals surface area contributed by atoms with Gasteiger partial charge in [-0.25, -0.2) is 13.3 Å². The quantitative estimate of drug-likeness (QED) is 0.340. The molecule has 0 saturated heterocycles. The minimum absolute atomic E-state index is 0.0233. The molecule has 182 valence electrons. The van der Waals surface area contributed by atoms with E-state index in [4.69, 9.17) is 14.9 Å². The van der Waals surface area contributed by atoms with Crippen molar-refractivity contribution in [1.29, 1.82) is 5.41 Å². The maximum absolute atomic E-state index is 12.4. The molecule has 0 bridgehead atoms. The van der Waals surface area contributed by atoms with Crippen LogP contribution in [0.25, 0.3) is 6.08 Å². The van der Waals surface area contributed by atoms with E-state index in [1.165, 1.54) is 6.08 Å². The van der Waals surface area contributed by atoms with Gasteiger partial charge in [-0.15, -0.1) is 0 Å². The van der Waals surface area contributed by atoms with Gasteiger partial charge in [-0.3, -0.25) is 10.2 Å². The van der Waals surface area contributed by atoms with Crippen LogP contribution in [0.15, 0.2) is 57.4 Å². The normalized spacial score (nSPS) is 16.8. The molecule has 2 aliphatic heterocycles. The van der Waals surface area contributed by atoms with Gasteiger partial charge in [0, 0.05) is 12.7 Å². The van der Waals surface area contributed by atoms with E-state index in [0.717, 1.165) is 40.0 Å². The number of carbonyl (C=O) groups is 1. The Morgan fingerprint density at radius 1 is 1.03 bits per heavy atom. The van der Waals surface area contributed by atoms with Crippen LogP contribution in [-0.4, -0.2) is 54.9 Å². The maximum atomic E-state index is 12.4. The fourth-order valence-electron chi connectivity index (χ4n) is 3.52. The molecule has 0 aliphatic carbocycles. The number of amidine groups is 3. The Kier molecular flexibility index (Phi) is 7.08. The Labute approximate surface area is 208 Å². The van der Waals surface area contributed by atoms with Gasteiger partial charge in [-0.2, -0.15) is 9.39 Å². The average Bonchev–Trinajstić information content (AvgIpc) is 3.21. The van der Waals surface area contributed by atoms with E-state index in [2.05, 4.69) is 15.5 Å². The lowest BCUT2D eigenvalue weighted by molar-refractivity contribution is -0.114. The number of ether oxygens (including phenoxy) is 2. The summed E-state index contributed by atoms with van der Waals surface area (Å²) >= 11 is 0.760. The summed E-state index contributed by atoms with van der Waals surface area (Å²) in [6.45, 7) is 5.08. The largest absolute Gasteiger partial charge is 0.493 e. The SMILES string of the molecule is Cc1cc(C)cc(OCCCOc2ccc(/C=C3/C(=N)N4C(=NC3=O)SN=C4S(C)(=O)=O)cc2)c1. The molecule has 0 unspecified atom stereocenters. The molecular formula is C24H24N4O5S2. The minimum atomic E-state index is -3.69. The zero-order chi connectivity index (χ0) is 25.2. The van der Waals surface area contributed by atoms with Gasteiger partial charge in [0.2, 0.25) is 20.2 Å². The van der Waals surface area contributed by atoms with Crippen molar-refractivity contribution >= 4 is 49.9 Å². The molecule has 35 heavy (non-hydrogen) atoms. The van der Waals surface area contributed by atoms with Crippen LogP contribution >= 0.6 is 11.9 Å². The first-order valence-corrected chi connectivity index (χ1v) is 13.4. The van der Waals surface area contributed by atoms with Gasteiger partial charge in [-0.1, -0.05) is 18.2 Å². The van der Waals surface area contributed by atoms with Crippen LogP contribution in [0.4, 0.5) is 0 Å². The fraction of sp³-hybridized carbons (Fsp3) is 0.250. The highest BCUT2D eigenvalue weighted by Gasteiger charge is 2.41. The molecule has 2 aromatic rings. The van der Waals surface area contributed by atoms with Crippen molar-refractivity contribution in [3.05, 3.63) is 64.7 Å². The number of nitrogens with one attached hydrogen (secondary N) is 1. The number of fused-ring (bicyclic) bond motifs is 1. The van der Waals surface area contributed by atoms with Crippen molar-refractivity contribution in [2.45, 2.75) is 20.3 Å². The van der Waals surface area contributed by atoms with Gasteiger partial charge in [-0.05, 0) is 60.9 Å². The Morgan fingerprint density at radius 2 is 1.66 bits per heavy atom. The Bertz CT molecular complexity index is 1360. The van der Waals surface area contributed by atoms with Crippen molar-refractivity contribution in [3.8, 4) is 11.5 Å². The molecule has 0 fully saturated rings. The molecule has 0 saturated carbocycles. The molecule has 9 nitrogen and oxygen atoms in total. The monoisotopic (exact) mass is 512 g/mol. The van der Waals surface area contributed by atoms with Crippen LogP contribution in [-0.2, 0) is 14.6 Å². The third-order valence-electron chi connectivity index (χ3n) is 5.04. The number of hydrogen-bond acceptors (Lipinski definition) is 8. The van der Waals surface area contributed by atoms with Crippen molar-refractivity contribution in [2.24, 2.45) is 9.39 Å². The lowest BCUT2D eigenvalue weighted by Gasteiger charge is -2.23. The van der Waals surface area contributed by atoms with E-state index in [-0.39, 0.29) is 21.7 Å². The summed E-state index contributed by atoms with van der Waals surface area (Å²) in [6.07, 6.45) is 3.20. The van der Waals surface area contributed by atoms with Gasteiger partial charge in [0.1, 0.15) is 17.3 Å². The summed E-state index contributed by atoms with van der Waals surface area (Å²) in [4.78, 5) is 17.4. The van der Waals surface area contributed by atoms with Crippen LogP contribution in [0, 0.1) is 19.3 Å². The highest BCUT2D eigenvalue weighted by atomic mass is 32.2. The summed E-state index contributed by atoms with van der Waals surface area (Å²) in [6, 6.07) is 13.1. The topological polar surface area (TPSA) is 121 Å². The Balaban J connectivity index is 1.35. The molecular weight excluding hydrogens is 488 g/mol. The van der Waals surface area contributed by atoms with Crippen molar-refractivity contribution in [2.75, 3.05) is 19.5 Å². The molecule has 1 amide bonds. The van der Waals surface area contributed by atoms with E-state index in [0.29, 0.717) is 30.9 Å². The van der Waals surface area contributed by atoms with Crippen LogP contribution in [0.2, 0.25) is 0 Å². The zero-order valence-electron chi connectivity index (χ0n) is 19.4. The third-order valence-corrected chi connectivity index (χ3v) is 6.79. The van der Waals surface area contributed by atoms with Gasteiger partial charge < -0.3 is 9.47 Å². The van der Waals surface area contributed by atoms with Crippen molar-refractivity contribution in [1.82, 2.24) is 4.90 Å². The second kappa shape index (κ2) is 10.0. The lowest BCUT2D eigenvalue weighted by Crippen LogP contribution is -2.45. The molecule has 2 aromatic carbocycles. The summed E-state index contributed by atoms with van der Waals surface area (Å²) in [5.74, 6) is 0.606. The number of aliphatic imine (C=N–C) groups is 1. The van der Waals surface area contributed by atoms with Gasteiger partial charge in [0.05, 0.1) is 30.7 Å². The van der Waals surface area contributed by atoms with Gasteiger partial charge >= 0.3 is 0 Å². The number of hydrogen-bond donors (Lipinski definition) is 1. The number of nitrogens with zero attached hydrogens (tertiary/aromatic N) is 3. The van der Waals surface area contributed by atoms with E-state index in [9.17, 15) is 13.2 Å². The van der Waals surface area contributed by atoms with Crippen molar-refractivity contribution in [3.63, 3.8) is 0 Å². The predicted molar refractivity (Wildman–Crippen MR) is 138 cm³/mol. The molecule has 0 aromatic heterocycles. The number of amides is 1. The first-order chi connectivity index (χ1) is 16.6. The average molecular weight is 513 g/mol. The molecule has 11 heteroatoms. The second-order valence-electron chi connectivity index (χ2n) is 8.12. The first-order valence-electron chi connectivity index (χ1n) is 10.7. The smallest absolute Gasteiger partial charge is 0.283 e. The first kappa shape index (κ1) is 24.7. The Morgan fingerprint density at radius 3 is 2.29 bits per heavy atom. The predicted octanol–water partition coefficient (Wildman–Crippen LogP) is 3.77. The number of rotatable bonds is 7. The fourth-order valence-corrected chi connectivity index (χ4v) is 5.36. The number of aryl methyl sites for hydroxylation is 2. The molecule has 0 spiro atoms.